The zero-order chi connectivity index (χ0) is 18.6. The number of rotatable bonds is 4. The first-order chi connectivity index (χ1) is 13.2. The lowest BCUT2D eigenvalue weighted by Gasteiger charge is -2.32. The third-order valence-electron chi connectivity index (χ3n) is 4.97. The molecule has 6 heteroatoms. The lowest BCUT2D eigenvalue weighted by molar-refractivity contribution is 0.198. The minimum atomic E-state index is -0.123. The van der Waals surface area contributed by atoms with Gasteiger partial charge in [0, 0.05) is 48.1 Å². The Morgan fingerprint density at radius 1 is 1.22 bits per heavy atom. The van der Waals surface area contributed by atoms with E-state index in [1.165, 1.54) is 0 Å². The Kier molecular flexibility index (Phi) is 5.32. The van der Waals surface area contributed by atoms with Gasteiger partial charge in [0.2, 0.25) is 0 Å². The van der Waals surface area contributed by atoms with E-state index in [-0.39, 0.29) is 11.5 Å². The summed E-state index contributed by atoms with van der Waals surface area (Å²) in [5, 5.41) is 0.799. The molecule has 1 fully saturated rings. The van der Waals surface area contributed by atoms with Crippen molar-refractivity contribution in [1.82, 2.24) is 19.9 Å². The van der Waals surface area contributed by atoms with Gasteiger partial charge >= 0.3 is 0 Å². The molecule has 0 aliphatic carbocycles. The summed E-state index contributed by atoms with van der Waals surface area (Å²) >= 11 is 6.32. The van der Waals surface area contributed by atoms with Crippen LogP contribution in [-0.2, 0) is 6.54 Å². The van der Waals surface area contributed by atoms with Gasteiger partial charge in [0.1, 0.15) is 5.82 Å². The fourth-order valence-electron chi connectivity index (χ4n) is 3.63. The first kappa shape index (κ1) is 17.9. The number of benzene rings is 1. The number of piperidine rings is 1. The van der Waals surface area contributed by atoms with Crippen LogP contribution < -0.4 is 5.56 Å². The van der Waals surface area contributed by atoms with E-state index in [1.54, 1.807) is 18.5 Å². The van der Waals surface area contributed by atoms with Gasteiger partial charge in [-0.1, -0.05) is 29.8 Å². The zero-order valence-electron chi connectivity index (χ0n) is 14.9. The van der Waals surface area contributed by atoms with E-state index in [0.29, 0.717) is 5.82 Å². The predicted molar refractivity (Wildman–Crippen MR) is 107 cm³/mol. The molecule has 2 aromatic heterocycles. The molecule has 1 atom stereocenters. The van der Waals surface area contributed by atoms with Crippen LogP contribution in [0.2, 0.25) is 5.02 Å². The number of hydrogen-bond acceptors (Lipinski definition) is 4. The smallest absolute Gasteiger partial charge is 0.251 e. The highest BCUT2D eigenvalue weighted by atomic mass is 35.5. The van der Waals surface area contributed by atoms with E-state index in [0.717, 1.165) is 54.3 Å². The number of nitrogens with one attached hydrogen (secondary N) is 1. The first-order valence-electron chi connectivity index (χ1n) is 9.16. The van der Waals surface area contributed by atoms with E-state index in [1.807, 2.05) is 30.3 Å². The lowest BCUT2D eigenvalue weighted by atomic mass is 9.94. The molecule has 1 aliphatic rings. The van der Waals surface area contributed by atoms with Crippen LogP contribution in [0.5, 0.6) is 0 Å². The number of H-pyrrole nitrogens is 1. The lowest BCUT2D eigenvalue weighted by Crippen LogP contribution is -2.34. The van der Waals surface area contributed by atoms with Gasteiger partial charge in [0.25, 0.3) is 5.56 Å². The van der Waals surface area contributed by atoms with E-state index in [2.05, 4.69) is 20.9 Å². The molecule has 1 unspecified atom stereocenters. The van der Waals surface area contributed by atoms with Gasteiger partial charge in [-0.3, -0.25) is 14.7 Å². The summed E-state index contributed by atoms with van der Waals surface area (Å²) in [6.07, 6.45) is 5.53. The van der Waals surface area contributed by atoms with E-state index >= 15 is 0 Å². The minimum absolute atomic E-state index is 0.123. The standard InChI is InChI=1S/C21H21ClN4O/c22-18-8-2-1-5-16(18)13-26-10-4-7-17(14-26)19-11-20(27)25-21(24-19)15-6-3-9-23-12-15/h1-3,5-6,8-9,11-12,17H,4,7,10,13-14H2,(H,24,25,27). The van der Waals surface area contributed by atoms with Crippen molar-refractivity contribution in [3.8, 4) is 11.4 Å². The second-order valence-corrected chi connectivity index (χ2v) is 7.33. The molecule has 1 N–H and O–H groups in total. The third kappa shape index (κ3) is 4.26. The fourth-order valence-corrected chi connectivity index (χ4v) is 3.83. The molecule has 1 aromatic carbocycles. The molecule has 3 heterocycles. The van der Waals surface area contributed by atoms with Crippen molar-refractivity contribution < 1.29 is 0 Å². The molecule has 0 saturated carbocycles. The van der Waals surface area contributed by atoms with Crippen molar-refractivity contribution in [1.29, 1.82) is 0 Å². The highest BCUT2D eigenvalue weighted by Crippen LogP contribution is 2.28. The molecule has 5 nitrogen and oxygen atoms in total. The molecule has 4 rings (SSSR count). The van der Waals surface area contributed by atoms with Gasteiger partial charge < -0.3 is 4.98 Å². The average molecular weight is 381 g/mol. The summed E-state index contributed by atoms with van der Waals surface area (Å²) in [6, 6.07) is 13.3. The van der Waals surface area contributed by atoms with Crippen molar-refractivity contribution in [2.45, 2.75) is 25.3 Å². The number of aromatic nitrogens is 3. The van der Waals surface area contributed by atoms with Gasteiger partial charge in [-0.05, 0) is 43.1 Å². The maximum atomic E-state index is 12.2. The molecule has 27 heavy (non-hydrogen) atoms. The summed E-state index contributed by atoms with van der Waals surface area (Å²) in [7, 11) is 0. The van der Waals surface area contributed by atoms with Crippen LogP contribution in [0, 0.1) is 0 Å². The molecule has 0 spiro atoms. The Morgan fingerprint density at radius 3 is 2.93 bits per heavy atom. The Bertz CT molecular complexity index is 973. The van der Waals surface area contributed by atoms with Crippen molar-refractivity contribution in [3.63, 3.8) is 0 Å². The monoisotopic (exact) mass is 380 g/mol. The van der Waals surface area contributed by atoms with Gasteiger partial charge in [0.05, 0.1) is 5.69 Å². The molecule has 0 amide bonds. The summed E-state index contributed by atoms with van der Waals surface area (Å²) in [6.45, 7) is 2.71. The highest BCUT2D eigenvalue weighted by Gasteiger charge is 2.24. The molecule has 3 aromatic rings. The maximum Gasteiger partial charge on any atom is 0.251 e. The predicted octanol–water partition coefficient (Wildman–Crippen LogP) is 3.86. The highest BCUT2D eigenvalue weighted by molar-refractivity contribution is 6.31. The van der Waals surface area contributed by atoms with Crippen LogP contribution in [0.25, 0.3) is 11.4 Å². The average Bonchev–Trinajstić information content (AvgIpc) is 2.70. The van der Waals surface area contributed by atoms with Crippen molar-refractivity contribution in [3.05, 3.63) is 81.5 Å². The van der Waals surface area contributed by atoms with Crippen molar-refractivity contribution in [2.24, 2.45) is 0 Å². The Labute approximate surface area is 163 Å². The van der Waals surface area contributed by atoms with Gasteiger partial charge in [-0.25, -0.2) is 4.98 Å². The fraction of sp³-hybridized carbons (Fsp3) is 0.286. The SMILES string of the molecule is O=c1cc(C2CCCN(Cc3ccccc3Cl)C2)nc(-c2cccnc2)[nH]1. The topological polar surface area (TPSA) is 61.9 Å². The molecule has 0 bridgehead atoms. The summed E-state index contributed by atoms with van der Waals surface area (Å²) in [5.41, 5.74) is 2.68. The minimum Gasteiger partial charge on any atom is -0.306 e. The van der Waals surface area contributed by atoms with Crippen LogP contribution >= 0.6 is 11.6 Å². The number of aromatic amines is 1. The molecule has 1 saturated heterocycles. The Balaban J connectivity index is 1.55. The summed E-state index contributed by atoms with van der Waals surface area (Å²) in [5.74, 6) is 0.813. The van der Waals surface area contributed by atoms with E-state index in [4.69, 9.17) is 16.6 Å². The molecule has 1 aliphatic heterocycles. The van der Waals surface area contributed by atoms with Crippen LogP contribution in [0.4, 0.5) is 0 Å². The van der Waals surface area contributed by atoms with Gasteiger partial charge in [0.15, 0.2) is 0 Å². The Morgan fingerprint density at radius 2 is 2.11 bits per heavy atom. The van der Waals surface area contributed by atoms with Crippen molar-refractivity contribution >= 4 is 11.6 Å². The quantitative estimate of drug-likeness (QED) is 0.746. The van der Waals surface area contributed by atoms with Gasteiger partial charge in [-0.2, -0.15) is 0 Å². The second-order valence-electron chi connectivity index (χ2n) is 6.93. The molecular weight excluding hydrogens is 360 g/mol. The Hall–Kier alpha value is -2.50. The number of hydrogen-bond donors (Lipinski definition) is 1. The largest absolute Gasteiger partial charge is 0.306 e. The van der Waals surface area contributed by atoms with Gasteiger partial charge in [-0.15, -0.1) is 0 Å². The van der Waals surface area contributed by atoms with E-state index < -0.39 is 0 Å². The van der Waals surface area contributed by atoms with Crippen LogP contribution in [0.3, 0.4) is 0 Å². The third-order valence-corrected chi connectivity index (χ3v) is 5.34. The number of pyridine rings is 1. The number of halogens is 1. The zero-order valence-corrected chi connectivity index (χ0v) is 15.7. The molecule has 138 valence electrons. The van der Waals surface area contributed by atoms with Crippen molar-refractivity contribution in [2.75, 3.05) is 13.1 Å². The number of nitrogens with zero attached hydrogens (tertiary/aromatic N) is 3. The van der Waals surface area contributed by atoms with Crippen LogP contribution in [-0.4, -0.2) is 32.9 Å². The maximum absolute atomic E-state index is 12.2. The first-order valence-corrected chi connectivity index (χ1v) is 9.54. The molecule has 0 radical (unpaired) electrons. The second kappa shape index (κ2) is 8.03. The molecular formula is C21H21ClN4O. The normalized spacial score (nSPS) is 17.7. The van der Waals surface area contributed by atoms with Crippen LogP contribution in [0.1, 0.15) is 30.0 Å². The van der Waals surface area contributed by atoms with E-state index in [9.17, 15) is 4.79 Å². The summed E-state index contributed by atoms with van der Waals surface area (Å²) < 4.78 is 0. The van der Waals surface area contributed by atoms with Crippen LogP contribution in [0.15, 0.2) is 59.7 Å². The summed E-state index contributed by atoms with van der Waals surface area (Å²) in [4.78, 5) is 26.3. The number of likely N-dealkylation sites (tertiary alicyclic amines) is 1.